The lowest BCUT2D eigenvalue weighted by Gasteiger charge is -2.35. The normalized spacial score (nSPS) is 14.8. The third-order valence-electron chi connectivity index (χ3n) is 5.68. The Morgan fingerprint density at radius 2 is 1.76 bits per heavy atom. The molecule has 0 saturated carbocycles. The Bertz CT molecular complexity index is 1130. The Hall–Kier alpha value is -4.01. The van der Waals surface area contributed by atoms with Crippen molar-refractivity contribution in [2.45, 2.75) is 0 Å². The summed E-state index contributed by atoms with van der Waals surface area (Å²) in [5.41, 5.74) is 1.69. The highest BCUT2D eigenvalue weighted by Crippen LogP contribution is 2.35. The minimum absolute atomic E-state index is 0.00278. The molecule has 1 amide bonds. The Labute approximate surface area is 191 Å². The molecule has 0 bridgehead atoms. The van der Waals surface area contributed by atoms with Gasteiger partial charge in [0.25, 0.3) is 5.91 Å². The van der Waals surface area contributed by atoms with Crippen LogP contribution in [0.15, 0.2) is 54.6 Å². The number of carbonyl (C=O) groups excluding carboxylic acids is 1. The maximum Gasteiger partial charge on any atom is 0.260 e. The van der Waals surface area contributed by atoms with E-state index < -0.39 is 0 Å². The summed E-state index contributed by atoms with van der Waals surface area (Å²) in [6.45, 7) is 2.81. The van der Waals surface area contributed by atoms with Gasteiger partial charge in [-0.25, -0.2) is 0 Å². The zero-order valence-electron chi connectivity index (χ0n) is 18.3. The van der Waals surface area contributed by atoms with E-state index >= 15 is 0 Å². The molecule has 0 unspecified atom stereocenters. The fraction of sp³-hybridized carbons (Fsp3) is 0.292. The molecule has 9 nitrogen and oxygen atoms in total. The molecule has 1 saturated heterocycles. The van der Waals surface area contributed by atoms with Gasteiger partial charge in [-0.15, -0.1) is 10.2 Å². The molecule has 1 fully saturated rings. The molecule has 2 aromatic carbocycles. The summed E-state index contributed by atoms with van der Waals surface area (Å²) in [7, 11) is 1.60. The van der Waals surface area contributed by atoms with Gasteiger partial charge in [-0.1, -0.05) is 6.07 Å². The van der Waals surface area contributed by atoms with Crippen molar-refractivity contribution in [2.75, 3.05) is 51.6 Å². The summed E-state index contributed by atoms with van der Waals surface area (Å²) in [5, 5.41) is 8.78. The minimum atomic E-state index is -0.0401. The number of carbonyl (C=O) groups is 1. The predicted molar refractivity (Wildman–Crippen MR) is 121 cm³/mol. The third-order valence-corrected chi connectivity index (χ3v) is 5.68. The van der Waals surface area contributed by atoms with Crippen LogP contribution >= 0.6 is 0 Å². The van der Waals surface area contributed by atoms with E-state index in [1.165, 1.54) is 0 Å². The minimum Gasteiger partial charge on any atom is -0.497 e. The highest BCUT2D eigenvalue weighted by molar-refractivity contribution is 5.78. The van der Waals surface area contributed by atoms with Gasteiger partial charge < -0.3 is 28.7 Å². The maximum absolute atomic E-state index is 12.6. The van der Waals surface area contributed by atoms with Crippen molar-refractivity contribution in [1.82, 2.24) is 15.1 Å². The first kappa shape index (κ1) is 20.9. The monoisotopic (exact) mass is 448 g/mol. The number of hydrogen-bond donors (Lipinski definition) is 0. The van der Waals surface area contributed by atoms with E-state index in [1.807, 2.05) is 47.4 Å². The number of aromatic nitrogens is 2. The van der Waals surface area contributed by atoms with Crippen LogP contribution in [0, 0.1) is 0 Å². The molecule has 0 radical (unpaired) electrons. The van der Waals surface area contributed by atoms with Gasteiger partial charge in [0, 0.05) is 37.8 Å². The topological polar surface area (TPSA) is 86.3 Å². The van der Waals surface area contributed by atoms with Gasteiger partial charge in [0.2, 0.25) is 6.79 Å². The standard InChI is InChI=1S/C24H24N4O5/c1-30-18-3-2-4-19(14-18)31-15-24(29)28-11-9-27(10-12-28)23-8-6-20(25-26-23)17-5-7-21-22(13-17)33-16-32-21/h2-8,13-14H,9-12,15-16H2,1H3. The molecular formula is C24H24N4O5. The van der Waals surface area contributed by atoms with E-state index in [4.69, 9.17) is 18.9 Å². The molecule has 0 atom stereocenters. The maximum atomic E-state index is 12.6. The van der Waals surface area contributed by atoms with Gasteiger partial charge in [0.1, 0.15) is 11.5 Å². The van der Waals surface area contributed by atoms with Crippen LogP contribution in [0.3, 0.4) is 0 Å². The smallest absolute Gasteiger partial charge is 0.260 e. The number of amides is 1. The lowest BCUT2D eigenvalue weighted by Crippen LogP contribution is -2.50. The molecule has 5 rings (SSSR count). The number of piperazine rings is 1. The Kier molecular flexibility index (Phi) is 5.84. The zero-order chi connectivity index (χ0) is 22.6. The summed E-state index contributed by atoms with van der Waals surface area (Å²) in [6, 6.07) is 16.8. The van der Waals surface area contributed by atoms with Crippen molar-refractivity contribution in [3.63, 3.8) is 0 Å². The highest BCUT2D eigenvalue weighted by Gasteiger charge is 2.23. The van der Waals surface area contributed by atoms with Crippen LogP contribution in [0.25, 0.3) is 11.3 Å². The summed E-state index contributed by atoms with van der Waals surface area (Å²) in [6.07, 6.45) is 0. The van der Waals surface area contributed by atoms with E-state index in [1.54, 1.807) is 19.2 Å². The van der Waals surface area contributed by atoms with Gasteiger partial charge in [-0.05, 0) is 42.5 Å². The first-order valence-corrected chi connectivity index (χ1v) is 10.7. The summed E-state index contributed by atoms with van der Waals surface area (Å²) in [5.74, 6) is 3.51. The average Bonchev–Trinajstić information content (AvgIpc) is 3.36. The van der Waals surface area contributed by atoms with Gasteiger partial charge in [0.05, 0.1) is 12.8 Å². The Balaban J connectivity index is 1.14. The van der Waals surface area contributed by atoms with E-state index in [0.29, 0.717) is 37.7 Å². The lowest BCUT2D eigenvalue weighted by atomic mass is 10.1. The van der Waals surface area contributed by atoms with Crippen molar-refractivity contribution >= 4 is 11.7 Å². The molecule has 9 heteroatoms. The molecule has 0 spiro atoms. The SMILES string of the molecule is COc1cccc(OCC(=O)N2CCN(c3ccc(-c4ccc5c(c4)OCO5)nn3)CC2)c1. The van der Waals surface area contributed by atoms with Crippen molar-refractivity contribution in [2.24, 2.45) is 0 Å². The molecule has 2 aliphatic rings. The van der Waals surface area contributed by atoms with Crippen LogP contribution in [0.1, 0.15) is 0 Å². The quantitative estimate of drug-likeness (QED) is 0.569. The number of nitrogens with zero attached hydrogens (tertiary/aromatic N) is 4. The second kappa shape index (κ2) is 9.23. The first-order chi connectivity index (χ1) is 16.2. The zero-order valence-corrected chi connectivity index (χ0v) is 18.3. The number of anilines is 1. The van der Waals surface area contributed by atoms with E-state index in [2.05, 4.69) is 15.1 Å². The number of rotatable bonds is 6. The van der Waals surface area contributed by atoms with E-state index in [0.717, 1.165) is 28.6 Å². The molecule has 33 heavy (non-hydrogen) atoms. The van der Waals surface area contributed by atoms with Gasteiger partial charge in [-0.2, -0.15) is 0 Å². The average molecular weight is 448 g/mol. The van der Waals surface area contributed by atoms with Gasteiger partial charge in [0.15, 0.2) is 23.9 Å². The largest absolute Gasteiger partial charge is 0.497 e. The molecular weight excluding hydrogens is 424 g/mol. The molecule has 3 aromatic rings. The number of fused-ring (bicyclic) bond motifs is 1. The van der Waals surface area contributed by atoms with Crippen LogP contribution in [0.5, 0.6) is 23.0 Å². The molecule has 1 aromatic heterocycles. The molecule has 170 valence electrons. The second-order valence-electron chi connectivity index (χ2n) is 7.68. The van der Waals surface area contributed by atoms with Crippen LogP contribution in [-0.2, 0) is 4.79 Å². The van der Waals surface area contributed by atoms with Crippen molar-refractivity contribution in [1.29, 1.82) is 0 Å². The number of hydrogen-bond acceptors (Lipinski definition) is 8. The van der Waals surface area contributed by atoms with Crippen molar-refractivity contribution < 1.29 is 23.7 Å². The van der Waals surface area contributed by atoms with Gasteiger partial charge >= 0.3 is 0 Å². The number of methoxy groups -OCH3 is 1. The van der Waals surface area contributed by atoms with Gasteiger partial charge in [-0.3, -0.25) is 4.79 Å². The van der Waals surface area contributed by atoms with E-state index in [-0.39, 0.29) is 19.3 Å². The Morgan fingerprint density at radius 3 is 2.55 bits per heavy atom. The van der Waals surface area contributed by atoms with Crippen LogP contribution in [0.4, 0.5) is 5.82 Å². The molecule has 2 aliphatic heterocycles. The van der Waals surface area contributed by atoms with Crippen LogP contribution < -0.4 is 23.8 Å². The first-order valence-electron chi connectivity index (χ1n) is 10.7. The highest BCUT2D eigenvalue weighted by atomic mass is 16.7. The summed E-state index contributed by atoms with van der Waals surface area (Å²) < 4.78 is 21.6. The van der Waals surface area contributed by atoms with Crippen LogP contribution in [-0.4, -0.2) is 67.7 Å². The third kappa shape index (κ3) is 4.62. The molecule has 0 N–H and O–H groups in total. The number of benzene rings is 2. The summed E-state index contributed by atoms with van der Waals surface area (Å²) in [4.78, 5) is 16.5. The van der Waals surface area contributed by atoms with Crippen molar-refractivity contribution in [3.05, 3.63) is 54.6 Å². The predicted octanol–water partition coefficient (Wildman–Crippen LogP) is 2.61. The molecule has 0 aliphatic carbocycles. The fourth-order valence-electron chi connectivity index (χ4n) is 3.82. The second-order valence-corrected chi connectivity index (χ2v) is 7.68. The number of ether oxygens (including phenoxy) is 4. The summed E-state index contributed by atoms with van der Waals surface area (Å²) >= 11 is 0. The lowest BCUT2D eigenvalue weighted by molar-refractivity contribution is -0.133. The van der Waals surface area contributed by atoms with E-state index in [9.17, 15) is 4.79 Å². The van der Waals surface area contributed by atoms with Crippen molar-refractivity contribution in [3.8, 4) is 34.3 Å². The molecule has 3 heterocycles. The Morgan fingerprint density at radius 1 is 0.939 bits per heavy atom. The fourth-order valence-corrected chi connectivity index (χ4v) is 3.82. The van der Waals surface area contributed by atoms with Crippen LogP contribution in [0.2, 0.25) is 0 Å².